The monoisotopic (exact) mass is 360 g/mol. The molecule has 2 aliphatic rings. The Morgan fingerprint density at radius 3 is 2.42 bits per heavy atom. The van der Waals surface area contributed by atoms with E-state index in [2.05, 4.69) is 5.32 Å². The van der Waals surface area contributed by atoms with Gasteiger partial charge in [-0.1, -0.05) is 18.2 Å². The number of amides is 4. The molecule has 1 N–H and O–H groups in total. The van der Waals surface area contributed by atoms with E-state index in [1.165, 1.54) is 0 Å². The Bertz CT molecular complexity index is 658. The van der Waals surface area contributed by atoms with Crippen molar-refractivity contribution in [1.29, 1.82) is 0 Å². The van der Waals surface area contributed by atoms with Crippen molar-refractivity contribution in [2.45, 2.75) is 19.4 Å². The second kappa shape index (κ2) is 8.07. The second-order valence-corrected chi connectivity index (χ2v) is 6.36. The molecule has 0 saturated carbocycles. The molecule has 4 amide bonds. The average Bonchev–Trinajstić information content (AvgIpc) is 3.03. The average molecular weight is 360 g/mol. The lowest BCUT2D eigenvalue weighted by Crippen LogP contribution is -2.54. The van der Waals surface area contributed by atoms with Gasteiger partial charge in [0, 0.05) is 44.8 Å². The predicted octanol–water partition coefficient (Wildman–Crippen LogP) is 1.28. The molecule has 0 aromatic heterocycles. The largest absolute Gasteiger partial charge is 0.450 e. The summed E-state index contributed by atoms with van der Waals surface area (Å²) in [4.78, 5) is 41.4. The fraction of sp³-hybridized carbons (Fsp3) is 0.500. The van der Waals surface area contributed by atoms with E-state index in [1.807, 2.05) is 30.3 Å². The Morgan fingerprint density at radius 1 is 1.12 bits per heavy atom. The van der Waals surface area contributed by atoms with Crippen LogP contribution < -0.4 is 10.2 Å². The standard InChI is InChI=1S/C18H24N4O4/c1-2-26-18(25)21-10-8-20(9-11-21)17(24)19-14-12-16(23)22(13-14)15-6-4-3-5-7-15/h3-7,14H,2,8-13H2,1H3,(H,19,24). The molecule has 0 bridgehead atoms. The van der Waals surface area contributed by atoms with E-state index in [1.54, 1.807) is 21.6 Å². The number of nitrogens with zero attached hydrogens (tertiary/aromatic N) is 3. The fourth-order valence-corrected chi connectivity index (χ4v) is 3.23. The van der Waals surface area contributed by atoms with Gasteiger partial charge in [0.25, 0.3) is 0 Å². The minimum Gasteiger partial charge on any atom is -0.450 e. The summed E-state index contributed by atoms with van der Waals surface area (Å²) < 4.78 is 4.98. The molecule has 1 aromatic rings. The molecule has 0 aliphatic carbocycles. The quantitative estimate of drug-likeness (QED) is 0.880. The summed E-state index contributed by atoms with van der Waals surface area (Å²) in [7, 11) is 0. The van der Waals surface area contributed by atoms with Gasteiger partial charge in [-0.3, -0.25) is 4.79 Å². The first-order chi connectivity index (χ1) is 12.6. The maximum absolute atomic E-state index is 12.5. The van der Waals surface area contributed by atoms with Gasteiger partial charge in [-0.15, -0.1) is 0 Å². The van der Waals surface area contributed by atoms with Crippen molar-refractivity contribution in [2.75, 3.05) is 44.2 Å². The zero-order chi connectivity index (χ0) is 18.5. The number of hydrogen-bond acceptors (Lipinski definition) is 4. The number of ether oxygens (including phenoxy) is 1. The zero-order valence-corrected chi connectivity index (χ0v) is 14.9. The van der Waals surface area contributed by atoms with Gasteiger partial charge in [0.05, 0.1) is 12.6 Å². The van der Waals surface area contributed by atoms with Crippen LogP contribution in [-0.4, -0.2) is 73.2 Å². The lowest BCUT2D eigenvalue weighted by Gasteiger charge is -2.34. The van der Waals surface area contributed by atoms with Crippen LogP contribution in [0.2, 0.25) is 0 Å². The number of anilines is 1. The van der Waals surface area contributed by atoms with Crippen molar-refractivity contribution < 1.29 is 19.1 Å². The van der Waals surface area contributed by atoms with E-state index in [4.69, 9.17) is 4.74 Å². The molecule has 2 saturated heterocycles. The normalized spacial score (nSPS) is 20.3. The lowest BCUT2D eigenvalue weighted by molar-refractivity contribution is -0.117. The van der Waals surface area contributed by atoms with Crippen molar-refractivity contribution in [1.82, 2.24) is 15.1 Å². The van der Waals surface area contributed by atoms with Gasteiger partial charge in [0.15, 0.2) is 0 Å². The first-order valence-electron chi connectivity index (χ1n) is 8.91. The molecule has 140 valence electrons. The Kier molecular flexibility index (Phi) is 5.60. The lowest BCUT2D eigenvalue weighted by atomic mass is 10.2. The summed E-state index contributed by atoms with van der Waals surface area (Å²) in [5.74, 6) is 0.00799. The third kappa shape index (κ3) is 4.07. The third-order valence-electron chi connectivity index (χ3n) is 4.61. The van der Waals surface area contributed by atoms with Crippen LogP contribution in [0.1, 0.15) is 13.3 Å². The fourth-order valence-electron chi connectivity index (χ4n) is 3.23. The summed E-state index contributed by atoms with van der Waals surface area (Å²) in [5.41, 5.74) is 0.845. The number of hydrogen-bond donors (Lipinski definition) is 1. The van der Waals surface area contributed by atoms with E-state index in [-0.39, 0.29) is 24.1 Å². The number of benzene rings is 1. The zero-order valence-electron chi connectivity index (χ0n) is 14.9. The molecule has 8 nitrogen and oxygen atoms in total. The first kappa shape index (κ1) is 18.0. The van der Waals surface area contributed by atoms with Crippen LogP contribution in [0.3, 0.4) is 0 Å². The number of rotatable bonds is 3. The van der Waals surface area contributed by atoms with Crippen molar-refractivity contribution in [3.8, 4) is 0 Å². The van der Waals surface area contributed by atoms with Crippen LogP contribution in [0.25, 0.3) is 0 Å². The van der Waals surface area contributed by atoms with Gasteiger partial charge >= 0.3 is 12.1 Å². The molecule has 26 heavy (non-hydrogen) atoms. The van der Waals surface area contributed by atoms with E-state index in [9.17, 15) is 14.4 Å². The smallest absolute Gasteiger partial charge is 0.409 e. The van der Waals surface area contributed by atoms with Crippen molar-refractivity contribution >= 4 is 23.7 Å². The minimum atomic E-state index is -0.340. The number of nitrogens with one attached hydrogen (secondary N) is 1. The molecule has 2 aliphatic heterocycles. The van der Waals surface area contributed by atoms with Gasteiger partial charge in [0.2, 0.25) is 5.91 Å². The van der Waals surface area contributed by atoms with Gasteiger partial charge in [-0.2, -0.15) is 0 Å². The third-order valence-corrected chi connectivity index (χ3v) is 4.61. The highest BCUT2D eigenvalue weighted by molar-refractivity contribution is 5.96. The van der Waals surface area contributed by atoms with Crippen LogP contribution in [0, 0.1) is 0 Å². The molecular formula is C18H24N4O4. The van der Waals surface area contributed by atoms with E-state index < -0.39 is 0 Å². The van der Waals surface area contributed by atoms with Crippen molar-refractivity contribution in [3.63, 3.8) is 0 Å². The highest BCUT2D eigenvalue weighted by Crippen LogP contribution is 2.21. The van der Waals surface area contributed by atoms with Gasteiger partial charge in [0.1, 0.15) is 0 Å². The van der Waals surface area contributed by atoms with Crippen LogP contribution in [0.5, 0.6) is 0 Å². The van der Waals surface area contributed by atoms with E-state index in [0.29, 0.717) is 45.8 Å². The van der Waals surface area contributed by atoms with Crippen molar-refractivity contribution in [2.24, 2.45) is 0 Å². The van der Waals surface area contributed by atoms with Crippen LogP contribution in [0.4, 0.5) is 15.3 Å². The van der Waals surface area contributed by atoms with Crippen LogP contribution >= 0.6 is 0 Å². The summed E-state index contributed by atoms with van der Waals surface area (Å²) in [5, 5.41) is 2.94. The Hall–Kier alpha value is -2.77. The molecule has 2 heterocycles. The van der Waals surface area contributed by atoms with Crippen LogP contribution in [-0.2, 0) is 9.53 Å². The molecule has 1 atom stereocenters. The summed E-state index contributed by atoms with van der Waals surface area (Å²) >= 11 is 0. The number of carbonyl (C=O) groups excluding carboxylic acids is 3. The number of piperazine rings is 1. The predicted molar refractivity (Wildman–Crippen MR) is 95.9 cm³/mol. The Labute approximate surface area is 152 Å². The maximum Gasteiger partial charge on any atom is 0.409 e. The number of urea groups is 1. The van der Waals surface area contributed by atoms with E-state index >= 15 is 0 Å². The minimum absolute atomic E-state index is 0.00799. The molecule has 0 spiro atoms. The maximum atomic E-state index is 12.5. The molecular weight excluding hydrogens is 336 g/mol. The summed E-state index contributed by atoms with van der Waals surface area (Å²) in [6.45, 7) is 4.38. The molecule has 3 rings (SSSR count). The Morgan fingerprint density at radius 2 is 1.77 bits per heavy atom. The molecule has 0 radical (unpaired) electrons. The van der Waals surface area contributed by atoms with Gasteiger partial charge in [-0.25, -0.2) is 9.59 Å². The molecule has 2 fully saturated rings. The van der Waals surface area contributed by atoms with Gasteiger partial charge < -0.3 is 24.8 Å². The highest BCUT2D eigenvalue weighted by Gasteiger charge is 2.33. The summed E-state index contributed by atoms with van der Waals surface area (Å²) in [6.07, 6.45) is -0.0453. The highest BCUT2D eigenvalue weighted by atomic mass is 16.6. The van der Waals surface area contributed by atoms with E-state index in [0.717, 1.165) is 5.69 Å². The van der Waals surface area contributed by atoms with Crippen LogP contribution in [0.15, 0.2) is 30.3 Å². The van der Waals surface area contributed by atoms with Crippen molar-refractivity contribution in [3.05, 3.63) is 30.3 Å². The topological polar surface area (TPSA) is 82.2 Å². The Balaban J connectivity index is 1.49. The summed E-state index contributed by atoms with van der Waals surface area (Å²) in [6, 6.07) is 9.04. The number of carbonyl (C=O) groups is 3. The number of para-hydroxylation sites is 1. The molecule has 1 unspecified atom stereocenters. The SMILES string of the molecule is CCOC(=O)N1CCN(C(=O)NC2CC(=O)N(c3ccccc3)C2)CC1. The second-order valence-electron chi connectivity index (χ2n) is 6.36. The first-order valence-corrected chi connectivity index (χ1v) is 8.91. The molecule has 8 heteroatoms. The molecule has 1 aromatic carbocycles. The van der Waals surface area contributed by atoms with Gasteiger partial charge in [-0.05, 0) is 19.1 Å².